The van der Waals surface area contributed by atoms with Gasteiger partial charge in [0, 0.05) is 23.9 Å². The molecule has 0 saturated carbocycles. The van der Waals surface area contributed by atoms with E-state index in [1.165, 1.54) is 0 Å². The summed E-state index contributed by atoms with van der Waals surface area (Å²) in [6, 6.07) is 8.04. The Hall–Kier alpha value is -2.75. The summed E-state index contributed by atoms with van der Waals surface area (Å²) in [6.45, 7) is 4.23. The molecule has 0 spiro atoms. The Kier molecular flexibility index (Phi) is 3.96. The zero-order valence-corrected chi connectivity index (χ0v) is 14.5. The zero-order valence-electron chi connectivity index (χ0n) is 14.5. The van der Waals surface area contributed by atoms with E-state index in [2.05, 4.69) is 4.99 Å². The summed E-state index contributed by atoms with van der Waals surface area (Å²) < 4.78 is 5.36. The number of hydrogen-bond donors (Lipinski definition) is 0. The molecule has 1 aromatic rings. The van der Waals surface area contributed by atoms with Gasteiger partial charge in [-0.25, -0.2) is 9.79 Å². The Morgan fingerprint density at radius 3 is 2.96 bits per heavy atom. The molecule has 25 heavy (non-hydrogen) atoms. The van der Waals surface area contributed by atoms with E-state index in [4.69, 9.17) is 9.73 Å². The van der Waals surface area contributed by atoms with Crippen LogP contribution in [-0.4, -0.2) is 24.5 Å². The Morgan fingerprint density at radius 2 is 2.16 bits per heavy atom. The van der Waals surface area contributed by atoms with Gasteiger partial charge in [-0.2, -0.15) is 0 Å². The van der Waals surface area contributed by atoms with Crippen LogP contribution in [0.25, 0.3) is 0 Å². The Bertz CT molecular complexity index is 900. The van der Waals surface area contributed by atoms with Crippen LogP contribution in [0.5, 0.6) is 0 Å². The fourth-order valence-corrected chi connectivity index (χ4v) is 3.70. The minimum atomic E-state index is -0.276. The number of carbonyl (C=O) groups excluding carboxylic acids is 1. The van der Waals surface area contributed by atoms with E-state index in [1.54, 1.807) is 6.20 Å². The van der Waals surface area contributed by atoms with Crippen molar-refractivity contribution in [1.29, 1.82) is 0 Å². The number of nitrogens with zero attached hydrogens (tertiary/aromatic N) is 2. The molecule has 1 atom stereocenters. The van der Waals surface area contributed by atoms with Crippen LogP contribution in [-0.2, 0) is 9.53 Å². The predicted molar refractivity (Wildman–Crippen MR) is 98.8 cm³/mol. The molecular formula is C21H20N2O2. The minimum Gasteiger partial charge on any atom is -0.462 e. The summed E-state index contributed by atoms with van der Waals surface area (Å²) in [6.07, 6.45) is 7.56. The standard InChI is InChI=1S/C21H20N2O2/c1-3-25-21(24)18-17-9-8-14-12-22-11-10-16(14)19(17)23-20(18)15-7-5-4-6-13(15)2/h4-7,10-12,14H,3,8-9H2,1-2H3. The first-order chi connectivity index (χ1) is 12.2. The molecule has 0 N–H and O–H groups in total. The Morgan fingerprint density at radius 1 is 1.32 bits per heavy atom. The zero-order chi connectivity index (χ0) is 17.4. The van der Waals surface area contributed by atoms with Crippen LogP contribution in [0.2, 0.25) is 0 Å². The molecular weight excluding hydrogens is 312 g/mol. The molecule has 2 aliphatic heterocycles. The Labute approximate surface area is 147 Å². The van der Waals surface area contributed by atoms with Crippen molar-refractivity contribution in [2.24, 2.45) is 15.9 Å². The van der Waals surface area contributed by atoms with E-state index >= 15 is 0 Å². The highest BCUT2D eigenvalue weighted by Gasteiger charge is 2.36. The number of hydrogen-bond acceptors (Lipinski definition) is 4. The quantitative estimate of drug-likeness (QED) is 0.788. The van der Waals surface area contributed by atoms with Crippen molar-refractivity contribution in [3.63, 3.8) is 0 Å². The summed E-state index contributed by atoms with van der Waals surface area (Å²) >= 11 is 0. The number of esters is 1. The third-order valence-electron chi connectivity index (χ3n) is 4.91. The third-order valence-corrected chi connectivity index (χ3v) is 4.91. The molecule has 0 saturated heterocycles. The van der Waals surface area contributed by atoms with E-state index in [0.717, 1.165) is 46.5 Å². The second-order valence-corrected chi connectivity index (χ2v) is 6.41. The van der Waals surface area contributed by atoms with E-state index in [0.29, 0.717) is 12.2 Å². The maximum atomic E-state index is 12.7. The van der Waals surface area contributed by atoms with E-state index in [9.17, 15) is 4.79 Å². The largest absolute Gasteiger partial charge is 0.462 e. The third kappa shape index (κ3) is 2.58. The maximum Gasteiger partial charge on any atom is 0.340 e. The number of benzene rings is 1. The summed E-state index contributed by atoms with van der Waals surface area (Å²) in [5.41, 5.74) is 6.57. The predicted octanol–water partition coefficient (Wildman–Crippen LogP) is 3.92. The molecule has 1 aliphatic carbocycles. The summed E-state index contributed by atoms with van der Waals surface area (Å²) in [5, 5.41) is 0. The fraction of sp³-hybridized carbons (Fsp3) is 0.286. The summed E-state index contributed by atoms with van der Waals surface area (Å²) in [5.74, 6) is 0.00850. The van der Waals surface area contributed by atoms with Gasteiger partial charge in [-0.1, -0.05) is 24.3 Å². The lowest BCUT2D eigenvalue weighted by molar-refractivity contribution is -0.137. The molecule has 0 bridgehead atoms. The maximum absolute atomic E-state index is 12.7. The van der Waals surface area contributed by atoms with Crippen molar-refractivity contribution in [3.8, 4) is 0 Å². The molecule has 1 unspecified atom stereocenters. The fourth-order valence-electron chi connectivity index (χ4n) is 3.70. The van der Waals surface area contributed by atoms with Crippen LogP contribution >= 0.6 is 0 Å². The molecule has 2 heterocycles. The molecule has 0 radical (unpaired) electrons. The minimum absolute atomic E-state index is 0.276. The number of aryl methyl sites for hydroxylation is 1. The first-order valence-corrected chi connectivity index (χ1v) is 8.70. The molecule has 126 valence electrons. The van der Waals surface area contributed by atoms with Crippen LogP contribution in [0, 0.1) is 12.8 Å². The average molecular weight is 332 g/mol. The SMILES string of the molecule is CCOC(=O)C1=C2CCC3C=NC=CC3=C2N=C1c1ccccc1C. The van der Waals surface area contributed by atoms with Crippen LogP contribution in [0.4, 0.5) is 0 Å². The summed E-state index contributed by atoms with van der Waals surface area (Å²) in [4.78, 5) is 21.9. The van der Waals surface area contributed by atoms with Crippen molar-refractivity contribution in [2.45, 2.75) is 26.7 Å². The lowest BCUT2D eigenvalue weighted by Crippen LogP contribution is -2.19. The van der Waals surface area contributed by atoms with Gasteiger partial charge in [-0.05, 0) is 49.5 Å². The van der Waals surface area contributed by atoms with Crippen LogP contribution in [0.15, 0.2) is 68.9 Å². The number of carbonyl (C=O) groups is 1. The van der Waals surface area contributed by atoms with Crippen LogP contribution in [0.3, 0.4) is 0 Å². The van der Waals surface area contributed by atoms with E-state index in [1.807, 2.05) is 50.4 Å². The second-order valence-electron chi connectivity index (χ2n) is 6.41. The first kappa shape index (κ1) is 15.8. The number of rotatable bonds is 3. The molecule has 3 aliphatic rings. The molecule has 4 rings (SSSR count). The van der Waals surface area contributed by atoms with Gasteiger partial charge >= 0.3 is 5.97 Å². The van der Waals surface area contributed by atoms with Crippen LogP contribution < -0.4 is 0 Å². The highest BCUT2D eigenvalue weighted by molar-refractivity contribution is 6.30. The van der Waals surface area contributed by atoms with Gasteiger partial charge in [0.25, 0.3) is 0 Å². The number of fused-ring (bicyclic) bond motifs is 2. The van der Waals surface area contributed by atoms with Gasteiger partial charge in [0.15, 0.2) is 0 Å². The van der Waals surface area contributed by atoms with Crippen molar-refractivity contribution >= 4 is 17.9 Å². The van der Waals surface area contributed by atoms with Gasteiger partial charge in [0.05, 0.1) is 23.6 Å². The number of aliphatic imine (C=N–C) groups is 2. The van der Waals surface area contributed by atoms with Gasteiger partial charge in [0.1, 0.15) is 0 Å². The normalized spacial score (nSPS) is 21.2. The van der Waals surface area contributed by atoms with Gasteiger partial charge in [-0.15, -0.1) is 0 Å². The molecule has 4 nitrogen and oxygen atoms in total. The summed E-state index contributed by atoms with van der Waals surface area (Å²) in [7, 11) is 0. The van der Waals surface area contributed by atoms with Crippen molar-refractivity contribution in [3.05, 3.63) is 70.1 Å². The second kappa shape index (κ2) is 6.28. The monoisotopic (exact) mass is 332 g/mol. The van der Waals surface area contributed by atoms with Gasteiger partial charge in [0.2, 0.25) is 0 Å². The number of allylic oxidation sites excluding steroid dienone is 3. The van der Waals surface area contributed by atoms with Crippen molar-refractivity contribution in [2.75, 3.05) is 6.61 Å². The molecule has 0 amide bonds. The molecule has 4 heteroatoms. The Balaban J connectivity index is 1.93. The van der Waals surface area contributed by atoms with E-state index < -0.39 is 0 Å². The highest BCUT2D eigenvalue weighted by Crippen LogP contribution is 2.42. The van der Waals surface area contributed by atoms with Gasteiger partial charge in [-0.3, -0.25) is 4.99 Å². The van der Waals surface area contributed by atoms with Crippen molar-refractivity contribution in [1.82, 2.24) is 0 Å². The van der Waals surface area contributed by atoms with Gasteiger partial charge < -0.3 is 4.74 Å². The average Bonchev–Trinajstić information content (AvgIpc) is 3.02. The smallest absolute Gasteiger partial charge is 0.340 e. The molecule has 0 fully saturated rings. The first-order valence-electron chi connectivity index (χ1n) is 8.70. The highest BCUT2D eigenvalue weighted by atomic mass is 16.5. The lowest BCUT2D eigenvalue weighted by atomic mass is 9.81. The molecule has 1 aromatic carbocycles. The van der Waals surface area contributed by atoms with Crippen LogP contribution in [0.1, 0.15) is 30.9 Å². The van der Waals surface area contributed by atoms with E-state index in [-0.39, 0.29) is 11.9 Å². The topological polar surface area (TPSA) is 51.0 Å². The number of ether oxygens (including phenoxy) is 1. The lowest BCUT2D eigenvalue weighted by Gasteiger charge is -2.24. The molecule has 0 aromatic heterocycles. The van der Waals surface area contributed by atoms with Crippen molar-refractivity contribution < 1.29 is 9.53 Å².